The first kappa shape index (κ1) is 20.1. The van der Waals surface area contributed by atoms with E-state index in [2.05, 4.69) is 29.4 Å². The molecule has 1 aromatic heterocycles. The van der Waals surface area contributed by atoms with Gasteiger partial charge in [0, 0.05) is 19.5 Å². The summed E-state index contributed by atoms with van der Waals surface area (Å²) < 4.78 is 0. The molecule has 0 radical (unpaired) electrons. The normalized spacial score (nSPS) is 12.0. The van der Waals surface area contributed by atoms with Crippen LogP contribution in [0.3, 0.4) is 0 Å². The fourth-order valence-corrected chi connectivity index (χ4v) is 3.32. The molecule has 2 amide bonds. The van der Waals surface area contributed by atoms with Gasteiger partial charge in [0.15, 0.2) is 0 Å². The first-order valence-electron chi connectivity index (χ1n) is 9.02. The van der Waals surface area contributed by atoms with Crippen LogP contribution in [0.25, 0.3) is 0 Å². The minimum atomic E-state index is -0.594. The molecule has 2 aromatic rings. The first-order valence-corrected chi connectivity index (χ1v) is 9.90. The van der Waals surface area contributed by atoms with Gasteiger partial charge in [-0.25, -0.2) is 0 Å². The summed E-state index contributed by atoms with van der Waals surface area (Å²) in [6.07, 6.45) is 0.467. The van der Waals surface area contributed by atoms with Gasteiger partial charge in [-0.1, -0.05) is 50.2 Å². The molecule has 0 saturated carbocycles. The molecule has 140 valence electrons. The van der Waals surface area contributed by atoms with Crippen molar-refractivity contribution in [1.29, 1.82) is 0 Å². The highest BCUT2D eigenvalue weighted by Gasteiger charge is 2.22. The standard InChI is InChI=1S/C20H27N3O2S/c1-3-23(4-2)13-12-21-19(24)17(15-16-9-6-5-7-10-16)22-20(25)18-11-8-14-26-18/h5-11,14,17H,3-4,12-13,15H2,1-2H3,(H,21,24)(H,22,25). The van der Waals surface area contributed by atoms with Crippen LogP contribution in [0.5, 0.6) is 0 Å². The van der Waals surface area contributed by atoms with Crippen molar-refractivity contribution in [3.8, 4) is 0 Å². The topological polar surface area (TPSA) is 61.4 Å². The summed E-state index contributed by atoms with van der Waals surface area (Å²) in [5.74, 6) is -0.356. The van der Waals surface area contributed by atoms with E-state index in [0.29, 0.717) is 17.8 Å². The van der Waals surface area contributed by atoms with Crippen molar-refractivity contribution in [3.63, 3.8) is 0 Å². The predicted molar refractivity (Wildman–Crippen MR) is 107 cm³/mol. The minimum absolute atomic E-state index is 0.147. The van der Waals surface area contributed by atoms with Crippen molar-refractivity contribution >= 4 is 23.2 Å². The molecule has 1 atom stereocenters. The fourth-order valence-electron chi connectivity index (χ4n) is 2.70. The molecule has 1 unspecified atom stereocenters. The third kappa shape index (κ3) is 6.28. The Morgan fingerprint density at radius 3 is 2.42 bits per heavy atom. The van der Waals surface area contributed by atoms with E-state index in [9.17, 15) is 9.59 Å². The Balaban J connectivity index is 1.99. The largest absolute Gasteiger partial charge is 0.353 e. The van der Waals surface area contributed by atoms with Crippen LogP contribution in [0.2, 0.25) is 0 Å². The number of carbonyl (C=O) groups excluding carboxylic acids is 2. The Hall–Kier alpha value is -2.18. The molecule has 1 heterocycles. The van der Waals surface area contributed by atoms with Gasteiger partial charge in [0.1, 0.15) is 6.04 Å². The molecule has 2 N–H and O–H groups in total. The number of nitrogens with one attached hydrogen (secondary N) is 2. The highest BCUT2D eigenvalue weighted by molar-refractivity contribution is 7.12. The molecule has 0 aliphatic rings. The summed E-state index contributed by atoms with van der Waals surface area (Å²) in [4.78, 5) is 27.9. The zero-order valence-electron chi connectivity index (χ0n) is 15.4. The van der Waals surface area contributed by atoms with Crippen LogP contribution in [0, 0.1) is 0 Å². The molecule has 0 saturated heterocycles. The van der Waals surface area contributed by atoms with E-state index in [4.69, 9.17) is 0 Å². The summed E-state index contributed by atoms with van der Waals surface area (Å²) >= 11 is 1.37. The highest BCUT2D eigenvalue weighted by Crippen LogP contribution is 2.10. The van der Waals surface area contributed by atoms with Crippen LogP contribution in [-0.2, 0) is 11.2 Å². The van der Waals surface area contributed by atoms with Crippen LogP contribution in [-0.4, -0.2) is 48.9 Å². The van der Waals surface area contributed by atoms with Gasteiger partial charge in [0.05, 0.1) is 4.88 Å². The molecule has 0 aliphatic carbocycles. The molecular weight excluding hydrogens is 346 g/mol. The van der Waals surface area contributed by atoms with Gasteiger partial charge >= 0.3 is 0 Å². The summed E-state index contributed by atoms with van der Waals surface area (Å²) in [5.41, 5.74) is 1.02. The van der Waals surface area contributed by atoms with Crippen molar-refractivity contribution in [2.75, 3.05) is 26.2 Å². The zero-order valence-corrected chi connectivity index (χ0v) is 16.2. The second kappa shape index (κ2) is 10.7. The Morgan fingerprint density at radius 1 is 1.08 bits per heavy atom. The van der Waals surface area contributed by atoms with Crippen LogP contribution < -0.4 is 10.6 Å². The fraction of sp³-hybridized carbons (Fsp3) is 0.400. The Kier molecular flexibility index (Phi) is 8.31. The first-order chi connectivity index (χ1) is 12.6. The number of thiophene rings is 1. The number of benzene rings is 1. The van der Waals surface area contributed by atoms with Crippen LogP contribution in [0.4, 0.5) is 0 Å². The van der Waals surface area contributed by atoms with E-state index in [-0.39, 0.29) is 11.8 Å². The van der Waals surface area contributed by atoms with Gasteiger partial charge in [0.25, 0.3) is 5.91 Å². The number of carbonyl (C=O) groups is 2. The maximum absolute atomic E-state index is 12.7. The molecular formula is C20H27N3O2S. The van der Waals surface area contributed by atoms with E-state index in [1.807, 2.05) is 41.8 Å². The molecule has 0 fully saturated rings. The van der Waals surface area contributed by atoms with Gasteiger partial charge in [-0.3, -0.25) is 9.59 Å². The molecule has 0 aliphatic heterocycles. The average Bonchev–Trinajstić information content (AvgIpc) is 3.20. The van der Waals surface area contributed by atoms with Gasteiger partial charge < -0.3 is 15.5 Å². The highest BCUT2D eigenvalue weighted by atomic mass is 32.1. The van der Waals surface area contributed by atoms with Gasteiger partial charge in [-0.05, 0) is 30.1 Å². The predicted octanol–water partition coefficient (Wildman–Crippen LogP) is 2.55. The lowest BCUT2D eigenvalue weighted by molar-refractivity contribution is -0.123. The third-order valence-corrected chi connectivity index (χ3v) is 5.14. The summed E-state index contributed by atoms with van der Waals surface area (Å²) in [6, 6.07) is 12.7. The molecule has 0 spiro atoms. The Morgan fingerprint density at radius 2 is 1.81 bits per heavy atom. The van der Waals surface area contributed by atoms with Crippen molar-refractivity contribution in [3.05, 3.63) is 58.3 Å². The monoisotopic (exact) mass is 373 g/mol. The quantitative estimate of drug-likeness (QED) is 0.673. The lowest BCUT2D eigenvalue weighted by atomic mass is 10.1. The molecule has 26 heavy (non-hydrogen) atoms. The zero-order chi connectivity index (χ0) is 18.8. The molecule has 0 bridgehead atoms. The summed E-state index contributed by atoms with van der Waals surface area (Å²) in [5, 5.41) is 7.69. The summed E-state index contributed by atoms with van der Waals surface area (Å²) in [6.45, 7) is 7.48. The number of likely N-dealkylation sites (N-methyl/N-ethyl adjacent to an activating group) is 1. The van der Waals surface area contributed by atoms with Crippen molar-refractivity contribution < 1.29 is 9.59 Å². The van der Waals surface area contributed by atoms with Gasteiger partial charge in [-0.15, -0.1) is 11.3 Å². The molecule has 5 nitrogen and oxygen atoms in total. The molecule has 2 rings (SSSR count). The second-order valence-electron chi connectivity index (χ2n) is 6.01. The Labute approximate surface area is 159 Å². The third-order valence-electron chi connectivity index (χ3n) is 4.27. The van der Waals surface area contributed by atoms with Crippen LogP contribution in [0.15, 0.2) is 47.8 Å². The molecule has 6 heteroatoms. The molecule has 1 aromatic carbocycles. The number of nitrogens with zero attached hydrogens (tertiary/aromatic N) is 1. The smallest absolute Gasteiger partial charge is 0.262 e. The van der Waals surface area contributed by atoms with Crippen molar-refractivity contribution in [2.45, 2.75) is 26.3 Å². The maximum Gasteiger partial charge on any atom is 0.262 e. The van der Waals surface area contributed by atoms with Gasteiger partial charge in [0.2, 0.25) is 5.91 Å². The average molecular weight is 374 g/mol. The van der Waals surface area contributed by atoms with E-state index < -0.39 is 6.04 Å². The van der Waals surface area contributed by atoms with E-state index in [0.717, 1.165) is 25.2 Å². The minimum Gasteiger partial charge on any atom is -0.353 e. The second-order valence-corrected chi connectivity index (χ2v) is 6.96. The van der Waals surface area contributed by atoms with Crippen molar-refractivity contribution in [2.24, 2.45) is 0 Å². The van der Waals surface area contributed by atoms with E-state index in [1.165, 1.54) is 11.3 Å². The van der Waals surface area contributed by atoms with Crippen LogP contribution in [0.1, 0.15) is 29.1 Å². The van der Waals surface area contributed by atoms with Crippen LogP contribution >= 0.6 is 11.3 Å². The van der Waals surface area contributed by atoms with E-state index in [1.54, 1.807) is 6.07 Å². The SMILES string of the molecule is CCN(CC)CCNC(=O)C(Cc1ccccc1)NC(=O)c1cccs1. The number of rotatable bonds is 10. The Bertz CT molecular complexity index is 670. The number of hydrogen-bond acceptors (Lipinski definition) is 4. The van der Waals surface area contributed by atoms with Crippen molar-refractivity contribution in [1.82, 2.24) is 15.5 Å². The number of hydrogen-bond donors (Lipinski definition) is 2. The summed E-state index contributed by atoms with van der Waals surface area (Å²) in [7, 11) is 0. The maximum atomic E-state index is 12.7. The van der Waals surface area contributed by atoms with E-state index >= 15 is 0 Å². The van der Waals surface area contributed by atoms with Gasteiger partial charge in [-0.2, -0.15) is 0 Å². The number of amides is 2. The lowest BCUT2D eigenvalue weighted by Gasteiger charge is -2.21. The lowest BCUT2D eigenvalue weighted by Crippen LogP contribution is -2.49.